The molecule has 0 radical (unpaired) electrons. The molecule has 1 aliphatic rings. The van der Waals surface area contributed by atoms with Crippen LogP contribution in [0.3, 0.4) is 0 Å². The van der Waals surface area contributed by atoms with E-state index < -0.39 is 6.10 Å². The normalized spacial score (nSPS) is 21.4. The number of hydrogen-bond donors (Lipinski definition) is 1. The van der Waals surface area contributed by atoms with E-state index in [1.165, 1.54) is 12.7 Å². The summed E-state index contributed by atoms with van der Waals surface area (Å²) in [4.78, 5) is 13.6. The summed E-state index contributed by atoms with van der Waals surface area (Å²) in [5.74, 6) is -0.177. The van der Waals surface area contributed by atoms with Gasteiger partial charge in [-0.1, -0.05) is 30.3 Å². The van der Waals surface area contributed by atoms with E-state index in [2.05, 4.69) is 21.8 Å². The molecule has 0 aromatic heterocycles. The van der Waals surface area contributed by atoms with Crippen LogP contribution in [0.2, 0.25) is 0 Å². The monoisotopic (exact) mass is 277 g/mol. The molecule has 4 heteroatoms. The summed E-state index contributed by atoms with van der Waals surface area (Å²) < 4.78 is 4.62. The van der Waals surface area contributed by atoms with Gasteiger partial charge < -0.3 is 9.84 Å². The molecule has 1 fully saturated rings. The number of esters is 1. The lowest BCUT2D eigenvalue weighted by Crippen LogP contribution is -2.40. The van der Waals surface area contributed by atoms with Crippen molar-refractivity contribution in [3.63, 3.8) is 0 Å². The topological polar surface area (TPSA) is 49.8 Å². The molecule has 0 saturated carbocycles. The molecule has 110 valence electrons. The van der Waals surface area contributed by atoms with Gasteiger partial charge >= 0.3 is 5.97 Å². The molecule has 1 heterocycles. The number of aliphatic hydroxyl groups is 1. The Hall–Kier alpha value is -1.39. The fourth-order valence-corrected chi connectivity index (χ4v) is 2.81. The van der Waals surface area contributed by atoms with Gasteiger partial charge in [-0.25, -0.2) is 0 Å². The maximum absolute atomic E-state index is 11.2. The van der Waals surface area contributed by atoms with Gasteiger partial charge in [0.1, 0.15) is 0 Å². The standard InChI is InChI=1S/C16H23NO3/c1-20-16(19)10-15(18)14-8-5-9-17(12-14)11-13-6-3-2-4-7-13/h2-4,6-7,14-15,18H,5,8-12H2,1H3. The second-order valence-corrected chi connectivity index (χ2v) is 5.47. The van der Waals surface area contributed by atoms with Crippen LogP contribution in [-0.4, -0.2) is 42.3 Å². The first kappa shape index (κ1) is 15.0. The average molecular weight is 277 g/mol. The first-order valence-electron chi connectivity index (χ1n) is 7.20. The highest BCUT2D eigenvalue weighted by Crippen LogP contribution is 2.23. The third-order valence-corrected chi connectivity index (χ3v) is 3.94. The van der Waals surface area contributed by atoms with E-state index in [1.54, 1.807) is 0 Å². The fourth-order valence-electron chi connectivity index (χ4n) is 2.81. The third-order valence-electron chi connectivity index (χ3n) is 3.94. The SMILES string of the molecule is COC(=O)CC(O)C1CCCN(Cc2ccccc2)C1. The molecule has 2 unspecified atom stereocenters. The Morgan fingerprint density at radius 3 is 2.90 bits per heavy atom. The van der Waals surface area contributed by atoms with Crippen molar-refractivity contribution < 1.29 is 14.6 Å². The lowest BCUT2D eigenvalue weighted by atomic mass is 9.90. The van der Waals surface area contributed by atoms with E-state index in [9.17, 15) is 9.90 Å². The zero-order chi connectivity index (χ0) is 14.4. The van der Waals surface area contributed by atoms with E-state index in [0.717, 1.165) is 32.5 Å². The Morgan fingerprint density at radius 1 is 1.45 bits per heavy atom. The van der Waals surface area contributed by atoms with Gasteiger partial charge in [0.15, 0.2) is 0 Å². The van der Waals surface area contributed by atoms with Crippen LogP contribution in [-0.2, 0) is 16.1 Å². The quantitative estimate of drug-likeness (QED) is 0.834. The molecule has 1 aromatic carbocycles. The van der Waals surface area contributed by atoms with E-state index in [1.807, 2.05) is 18.2 Å². The molecule has 0 amide bonds. The van der Waals surface area contributed by atoms with Crippen molar-refractivity contribution in [3.05, 3.63) is 35.9 Å². The van der Waals surface area contributed by atoms with Crippen molar-refractivity contribution in [2.24, 2.45) is 5.92 Å². The number of aliphatic hydroxyl groups excluding tert-OH is 1. The Bertz CT molecular complexity index is 421. The Balaban J connectivity index is 1.86. The van der Waals surface area contributed by atoms with E-state index in [4.69, 9.17) is 0 Å². The number of benzene rings is 1. The zero-order valence-electron chi connectivity index (χ0n) is 12.0. The van der Waals surface area contributed by atoms with Crippen molar-refractivity contribution in [2.75, 3.05) is 20.2 Å². The van der Waals surface area contributed by atoms with Crippen molar-refractivity contribution in [1.29, 1.82) is 0 Å². The summed E-state index contributed by atoms with van der Waals surface area (Å²) in [6.07, 6.45) is 1.54. The molecule has 2 rings (SSSR count). The Morgan fingerprint density at radius 2 is 2.20 bits per heavy atom. The summed E-state index contributed by atoms with van der Waals surface area (Å²) in [5.41, 5.74) is 1.29. The number of likely N-dealkylation sites (tertiary alicyclic amines) is 1. The molecule has 1 N–H and O–H groups in total. The van der Waals surface area contributed by atoms with Crippen LogP contribution in [0.5, 0.6) is 0 Å². The van der Waals surface area contributed by atoms with Crippen LogP contribution in [0.25, 0.3) is 0 Å². The van der Waals surface area contributed by atoms with Gasteiger partial charge in [0.05, 0.1) is 19.6 Å². The van der Waals surface area contributed by atoms with Gasteiger partial charge in [-0.05, 0) is 30.9 Å². The van der Waals surface area contributed by atoms with Gasteiger partial charge in [0, 0.05) is 13.1 Å². The van der Waals surface area contributed by atoms with Crippen LogP contribution in [0.4, 0.5) is 0 Å². The van der Waals surface area contributed by atoms with Crippen molar-refractivity contribution >= 4 is 5.97 Å². The molecule has 2 atom stereocenters. The number of rotatable bonds is 5. The largest absolute Gasteiger partial charge is 0.469 e. The van der Waals surface area contributed by atoms with E-state index in [-0.39, 0.29) is 18.3 Å². The van der Waals surface area contributed by atoms with Crippen LogP contribution in [0.1, 0.15) is 24.8 Å². The summed E-state index contributed by atoms with van der Waals surface area (Å²) >= 11 is 0. The van der Waals surface area contributed by atoms with Gasteiger partial charge in [-0.3, -0.25) is 9.69 Å². The minimum absolute atomic E-state index is 0.0976. The molecule has 1 aromatic rings. The lowest BCUT2D eigenvalue weighted by molar-refractivity contribution is -0.144. The summed E-state index contributed by atoms with van der Waals surface area (Å²) in [7, 11) is 1.36. The molecule has 1 saturated heterocycles. The van der Waals surface area contributed by atoms with Crippen molar-refractivity contribution in [2.45, 2.75) is 31.9 Å². The minimum atomic E-state index is -0.596. The average Bonchev–Trinajstić information content (AvgIpc) is 2.48. The predicted molar refractivity (Wildman–Crippen MR) is 77.1 cm³/mol. The zero-order valence-corrected chi connectivity index (χ0v) is 12.0. The van der Waals surface area contributed by atoms with Crippen LogP contribution in [0.15, 0.2) is 30.3 Å². The molecule has 4 nitrogen and oxygen atoms in total. The second kappa shape index (κ2) is 7.41. The number of carbonyl (C=O) groups excluding carboxylic acids is 1. The van der Waals surface area contributed by atoms with Gasteiger partial charge in [-0.2, -0.15) is 0 Å². The maximum Gasteiger partial charge on any atom is 0.308 e. The highest BCUT2D eigenvalue weighted by atomic mass is 16.5. The molecule has 0 aliphatic carbocycles. The van der Waals surface area contributed by atoms with Gasteiger partial charge in [0.25, 0.3) is 0 Å². The second-order valence-electron chi connectivity index (χ2n) is 5.47. The van der Waals surface area contributed by atoms with Gasteiger partial charge in [0.2, 0.25) is 0 Å². The minimum Gasteiger partial charge on any atom is -0.469 e. The fraction of sp³-hybridized carbons (Fsp3) is 0.562. The summed E-state index contributed by atoms with van der Waals surface area (Å²) in [6, 6.07) is 10.3. The molecule has 1 aliphatic heterocycles. The lowest BCUT2D eigenvalue weighted by Gasteiger charge is -2.34. The number of methoxy groups -OCH3 is 1. The van der Waals surface area contributed by atoms with Crippen LogP contribution >= 0.6 is 0 Å². The molecular weight excluding hydrogens is 254 g/mol. The number of carbonyl (C=O) groups is 1. The highest BCUT2D eigenvalue weighted by Gasteiger charge is 2.27. The number of ether oxygens (including phenoxy) is 1. The molecule has 20 heavy (non-hydrogen) atoms. The van der Waals surface area contributed by atoms with Gasteiger partial charge in [-0.15, -0.1) is 0 Å². The third kappa shape index (κ3) is 4.32. The van der Waals surface area contributed by atoms with Crippen molar-refractivity contribution in [3.8, 4) is 0 Å². The summed E-state index contributed by atoms with van der Waals surface area (Å²) in [6.45, 7) is 2.80. The van der Waals surface area contributed by atoms with E-state index >= 15 is 0 Å². The number of nitrogens with zero attached hydrogens (tertiary/aromatic N) is 1. The smallest absolute Gasteiger partial charge is 0.308 e. The summed E-state index contributed by atoms with van der Waals surface area (Å²) in [5, 5.41) is 10.1. The first-order valence-corrected chi connectivity index (χ1v) is 7.20. The molecule has 0 bridgehead atoms. The highest BCUT2D eigenvalue weighted by molar-refractivity contribution is 5.69. The van der Waals surface area contributed by atoms with E-state index in [0.29, 0.717) is 0 Å². The first-order chi connectivity index (χ1) is 9.69. The number of piperidine rings is 1. The van der Waals surface area contributed by atoms with Crippen LogP contribution in [0, 0.1) is 5.92 Å². The molecular formula is C16H23NO3. The Labute approximate surface area is 120 Å². The molecule has 0 spiro atoms. The maximum atomic E-state index is 11.2. The Kier molecular flexibility index (Phi) is 5.56. The van der Waals surface area contributed by atoms with Crippen molar-refractivity contribution in [1.82, 2.24) is 4.90 Å². The number of hydrogen-bond acceptors (Lipinski definition) is 4. The van der Waals surface area contributed by atoms with Crippen LogP contribution < -0.4 is 0 Å². The predicted octanol–water partition coefficient (Wildman–Crippen LogP) is 1.82.